The van der Waals surface area contributed by atoms with Crippen LogP contribution in [0.1, 0.15) is 17.4 Å². The summed E-state index contributed by atoms with van der Waals surface area (Å²) in [5.41, 5.74) is 0.693. The number of hydrogen-bond acceptors (Lipinski definition) is 2. The Kier molecular flexibility index (Phi) is 3.05. The molecule has 1 aromatic rings. The summed E-state index contributed by atoms with van der Waals surface area (Å²) in [5, 5.41) is 0. The third-order valence-electron chi connectivity index (χ3n) is 1.84. The predicted octanol–water partition coefficient (Wildman–Crippen LogP) is 1.34. The van der Waals surface area contributed by atoms with Gasteiger partial charge in [-0.15, -0.1) is 0 Å². The average molecular weight is 167 g/mol. The Bertz CT molecular complexity index is 255. The van der Waals surface area contributed by atoms with E-state index in [9.17, 15) is 4.79 Å². The van der Waals surface area contributed by atoms with E-state index in [1.165, 1.54) is 0 Å². The van der Waals surface area contributed by atoms with E-state index in [2.05, 4.69) is 0 Å². The fourth-order valence-electron chi connectivity index (χ4n) is 1.05. The molecule has 0 aromatic carbocycles. The van der Waals surface area contributed by atoms with Crippen LogP contribution in [0.25, 0.3) is 0 Å². The summed E-state index contributed by atoms with van der Waals surface area (Å²) < 4.78 is 6.96. The molecule has 0 radical (unpaired) electrons. The zero-order valence-corrected chi connectivity index (χ0v) is 7.36. The number of hydrogen-bond donors (Lipinski definition) is 0. The van der Waals surface area contributed by atoms with Gasteiger partial charge in [0.25, 0.3) is 0 Å². The lowest BCUT2D eigenvalue weighted by Gasteiger charge is -2.11. The molecule has 0 aliphatic rings. The van der Waals surface area contributed by atoms with Crippen LogP contribution >= 0.6 is 0 Å². The largest absolute Gasteiger partial charge is 0.380 e. The molecular formula is C9H13NO2. The van der Waals surface area contributed by atoms with E-state index in [4.69, 9.17) is 4.74 Å². The molecule has 0 spiro atoms. The smallest absolute Gasteiger partial charge is 0.166 e. The third kappa shape index (κ3) is 1.95. The van der Waals surface area contributed by atoms with Crippen LogP contribution in [0, 0.1) is 0 Å². The third-order valence-corrected chi connectivity index (χ3v) is 1.84. The number of carbonyl (C=O) groups excluding carboxylic acids is 1. The number of methoxy groups -OCH3 is 1. The molecule has 0 fully saturated rings. The normalized spacial score (nSPS) is 12.8. The van der Waals surface area contributed by atoms with Crippen molar-refractivity contribution in [2.24, 2.45) is 0 Å². The van der Waals surface area contributed by atoms with E-state index in [0.29, 0.717) is 5.69 Å². The Morgan fingerprint density at radius 2 is 2.50 bits per heavy atom. The standard InChI is InChI=1S/C9H13NO2/c1-8(12-2)6-10-5-3-4-9(10)7-11/h3-5,7-8H,6H2,1-2H3. The van der Waals surface area contributed by atoms with Gasteiger partial charge < -0.3 is 9.30 Å². The van der Waals surface area contributed by atoms with E-state index in [-0.39, 0.29) is 6.10 Å². The second-order valence-electron chi connectivity index (χ2n) is 2.75. The summed E-state index contributed by atoms with van der Waals surface area (Å²) in [7, 11) is 1.66. The monoisotopic (exact) mass is 167 g/mol. The van der Waals surface area contributed by atoms with Crippen LogP contribution in [0.5, 0.6) is 0 Å². The van der Waals surface area contributed by atoms with Crippen molar-refractivity contribution >= 4 is 6.29 Å². The molecule has 0 N–H and O–H groups in total. The molecule has 1 heterocycles. The molecule has 1 unspecified atom stereocenters. The minimum atomic E-state index is 0.135. The maximum absolute atomic E-state index is 10.5. The molecule has 3 heteroatoms. The highest BCUT2D eigenvalue weighted by Crippen LogP contribution is 2.02. The number of rotatable bonds is 4. The maximum atomic E-state index is 10.5. The molecular weight excluding hydrogens is 154 g/mol. The number of aldehydes is 1. The van der Waals surface area contributed by atoms with Crippen molar-refractivity contribution in [3.05, 3.63) is 24.0 Å². The molecule has 1 aromatic heterocycles. The van der Waals surface area contributed by atoms with Crippen LogP contribution in [-0.2, 0) is 11.3 Å². The molecule has 0 amide bonds. The summed E-state index contributed by atoms with van der Waals surface area (Å²) in [5.74, 6) is 0. The summed E-state index contributed by atoms with van der Waals surface area (Å²) in [6, 6.07) is 3.64. The van der Waals surface area contributed by atoms with Gasteiger partial charge in [-0.05, 0) is 19.1 Å². The highest BCUT2D eigenvalue weighted by molar-refractivity contribution is 5.72. The molecule has 12 heavy (non-hydrogen) atoms. The van der Waals surface area contributed by atoms with Gasteiger partial charge in [-0.25, -0.2) is 0 Å². The van der Waals surface area contributed by atoms with Crippen LogP contribution in [0.2, 0.25) is 0 Å². The van der Waals surface area contributed by atoms with Gasteiger partial charge in [-0.1, -0.05) is 0 Å². The predicted molar refractivity (Wildman–Crippen MR) is 46.3 cm³/mol. The first kappa shape index (κ1) is 9.00. The first-order valence-corrected chi connectivity index (χ1v) is 3.91. The maximum Gasteiger partial charge on any atom is 0.166 e. The number of ether oxygens (including phenoxy) is 1. The topological polar surface area (TPSA) is 31.2 Å². The van der Waals surface area contributed by atoms with Crippen LogP contribution < -0.4 is 0 Å². The Morgan fingerprint density at radius 1 is 1.75 bits per heavy atom. The first-order chi connectivity index (χ1) is 5.77. The minimum Gasteiger partial charge on any atom is -0.380 e. The quantitative estimate of drug-likeness (QED) is 0.633. The molecule has 1 rings (SSSR count). The summed E-state index contributed by atoms with van der Waals surface area (Å²) in [4.78, 5) is 10.5. The van der Waals surface area contributed by atoms with Crippen LogP contribution in [0.4, 0.5) is 0 Å². The number of nitrogens with zero attached hydrogens (tertiary/aromatic N) is 1. The lowest BCUT2D eigenvalue weighted by molar-refractivity contribution is 0.100. The molecule has 66 valence electrons. The van der Waals surface area contributed by atoms with Crippen molar-refractivity contribution in [1.82, 2.24) is 4.57 Å². The average Bonchev–Trinajstić information content (AvgIpc) is 2.51. The van der Waals surface area contributed by atoms with Gasteiger partial charge in [0.2, 0.25) is 0 Å². The van der Waals surface area contributed by atoms with E-state index in [1.807, 2.05) is 23.8 Å². The van der Waals surface area contributed by atoms with Crippen molar-refractivity contribution in [2.75, 3.05) is 7.11 Å². The zero-order chi connectivity index (χ0) is 8.97. The molecule has 0 aliphatic carbocycles. The van der Waals surface area contributed by atoms with Crippen LogP contribution in [-0.4, -0.2) is 24.1 Å². The van der Waals surface area contributed by atoms with Gasteiger partial charge in [0, 0.05) is 19.9 Å². The molecule has 3 nitrogen and oxygen atoms in total. The Morgan fingerprint density at radius 3 is 3.08 bits per heavy atom. The lowest BCUT2D eigenvalue weighted by Crippen LogP contribution is -2.15. The van der Waals surface area contributed by atoms with Crippen LogP contribution in [0.3, 0.4) is 0 Å². The van der Waals surface area contributed by atoms with Crippen molar-refractivity contribution in [3.8, 4) is 0 Å². The molecule has 0 aliphatic heterocycles. The molecule has 0 saturated heterocycles. The van der Waals surface area contributed by atoms with Gasteiger partial charge in [-0.3, -0.25) is 4.79 Å². The van der Waals surface area contributed by atoms with Crippen molar-refractivity contribution < 1.29 is 9.53 Å². The summed E-state index contributed by atoms with van der Waals surface area (Å²) in [6.07, 6.45) is 2.86. The summed E-state index contributed by atoms with van der Waals surface area (Å²) >= 11 is 0. The van der Waals surface area contributed by atoms with Crippen molar-refractivity contribution in [2.45, 2.75) is 19.6 Å². The molecule has 1 atom stereocenters. The van der Waals surface area contributed by atoms with E-state index in [1.54, 1.807) is 13.2 Å². The minimum absolute atomic E-state index is 0.135. The lowest BCUT2D eigenvalue weighted by atomic mass is 10.4. The van der Waals surface area contributed by atoms with E-state index < -0.39 is 0 Å². The Labute approximate surface area is 72.0 Å². The van der Waals surface area contributed by atoms with Gasteiger partial charge in [-0.2, -0.15) is 0 Å². The molecule has 0 bridgehead atoms. The number of carbonyl (C=O) groups is 1. The fraction of sp³-hybridized carbons (Fsp3) is 0.444. The molecule has 0 saturated carbocycles. The first-order valence-electron chi connectivity index (χ1n) is 3.91. The second kappa shape index (κ2) is 4.07. The number of aromatic nitrogens is 1. The fourth-order valence-corrected chi connectivity index (χ4v) is 1.05. The van der Waals surface area contributed by atoms with Crippen molar-refractivity contribution in [1.29, 1.82) is 0 Å². The van der Waals surface area contributed by atoms with Crippen LogP contribution in [0.15, 0.2) is 18.3 Å². The highest BCUT2D eigenvalue weighted by atomic mass is 16.5. The Balaban J connectivity index is 2.67. The van der Waals surface area contributed by atoms with Gasteiger partial charge in [0.1, 0.15) is 0 Å². The van der Waals surface area contributed by atoms with Crippen molar-refractivity contribution in [3.63, 3.8) is 0 Å². The van der Waals surface area contributed by atoms with E-state index in [0.717, 1.165) is 12.8 Å². The SMILES string of the molecule is COC(C)Cn1cccc1C=O. The van der Waals surface area contributed by atoms with Gasteiger partial charge in [0.05, 0.1) is 11.8 Å². The van der Waals surface area contributed by atoms with Gasteiger partial charge in [0.15, 0.2) is 6.29 Å². The Hall–Kier alpha value is -1.09. The summed E-state index contributed by atoms with van der Waals surface area (Å²) in [6.45, 7) is 2.69. The van der Waals surface area contributed by atoms with Gasteiger partial charge >= 0.3 is 0 Å². The second-order valence-corrected chi connectivity index (χ2v) is 2.75. The van der Waals surface area contributed by atoms with E-state index >= 15 is 0 Å². The zero-order valence-electron chi connectivity index (χ0n) is 7.36. The highest BCUT2D eigenvalue weighted by Gasteiger charge is 2.03.